The third-order valence-electron chi connectivity index (χ3n) is 3.49. The fourth-order valence-corrected chi connectivity index (χ4v) is 2.53. The lowest BCUT2D eigenvalue weighted by atomic mass is 9.84. The van der Waals surface area contributed by atoms with E-state index in [1.165, 1.54) is 7.11 Å². The van der Waals surface area contributed by atoms with Gasteiger partial charge in [0.2, 0.25) is 0 Å². The van der Waals surface area contributed by atoms with Gasteiger partial charge in [0.05, 0.1) is 12.5 Å². The molecule has 2 atom stereocenters. The molecule has 1 N–H and O–H groups in total. The van der Waals surface area contributed by atoms with Crippen LogP contribution in [0.2, 0.25) is 0 Å². The maximum Gasteiger partial charge on any atom is 0.393 e. The third kappa shape index (κ3) is 3.92. The van der Waals surface area contributed by atoms with Crippen molar-refractivity contribution in [3.63, 3.8) is 0 Å². The van der Waals surface area contributed by atoms with Crippen LogP contribution in [0.3, 0.4) is 0 Å². The Hall–Kier alpha value is -1.15. The molecular formula is C12H18F3N3O2. The molecule has 0 unspecified atom stereocenters. The van der Waals surface area contributed by atoms with Gasteiger partial charge in [-0.15, -0.1) is 0 Å². The van der Waals surface area contributed by atoms with E-state index in [1.807, 2.05) is 0 Å². The number of nitrogens with zero attached hydrogens (tertiary/aromatic N) is 2. The number of ether oxygens (including phenoxy) is 1. The molecular weight excluding hydrogens is 275 g/mol. The Morgan fingerprint density at radius 1 is 1.35 bits per heavy atom. The van der Waals surface area contributed by atoms with E-state index in [9.17, 15) is 13.2 Å². The van der Waals surface area contributed by atoms with Crippen molar-refractivity contribution in [1.29, 1.82) is 0 Å². The SMILES string of the molecule is COCc1nc(CN[C@H]2CCCC[C@H]2C(F)(F)F)no1. The number of aromatic nitrogens is 2. The number of methoxy groups -OCH3 is 1. The Morgan fingerprint density at radius 3 is 2.80 bits per heavy atom. The molecule has 20 heavy (non-hydrogen) atoms. The van der Waals surface area contributed by atoms with Crippen molar-refractivity contribution in [2.24, 2.45) is 5.92 Å². The minimum absolute atomic E-state index is 0.171. The number of rotatable bonds is 5. The fraction of sp³-hybridized carbons (Fsp3) is 0.833. The van der Waals surface area contributed by atoms with E-state index >= 15 is 0 Å². The van der Waals surface area contributed by atoms with E-state index in [4.69, 9.17) is 9.26 Å². The number of alkyl halides is 3. The lowest BCUT2D eigenvalue weighted by Crippen LogP contribution is -2.45. The summed E-state index contributed by atoms with van der Waals surface area (Å²) in [5.74, 6) is -0.620. The topological polar surface area (TPSA) is 60.2 Å². The summed E-state index contributed by atoms with van der Waals surface area (Å²) < 4.78 is 48.5. The zero-order valence-electron chi connectivity index (χ0n) is 11.2. The van der Waals surface area contributed by atoms with Crippen LogP contribution in [0.5, 0.6) is 0 Å². The highest BCUT2D eigenvalue weighted by Crippen LogP contribution is 2.37. The fourth-order valence-electron chi connectivity index (χ4n) is 2.53. The largest absolute Gasteiger partial charge is 0.393 e. The molecule has 1 aromatic heterocycles. The molecule has 1 saturated carbocycles. The van der Waals surface area contributed by atoms with Crippen LogP contribution in [-0.2, 0) is 17.9 Å². The number of hydrogen-bond acceptors (Lipinski definition) is 5. The van der Waals surface area contributed by atoms with E-state index in [0.717, 1.165) is 6.42 Å². The van der Waals surface area contributed by atoms with E-state index in [2.05, 4.69) is 15.5 Å². The first-order chi connectivity index (χ1) is 9.50. The molecule has 1 aliphatic carbocycles. The summed E-state index contributed by atoms with van der Waals surface area (Å²) in [6.07, 6.45) is -2.01. The van der Waals surface area contributed by atoms with E-state index in [1.54, 1.807) is 0 Å². The van der Waals surface area contributed by atoms with Gasteiger partial charge in [0.25, 0.3) is 5.89 Å². The number of nitrogens with one attached hydrogen (secondary N) is 1. The maximum absolute atomic E-state index is 12.9. The molecule has 5 nitrogen and oxygen atoms in total. The predicted molar refractivity (Wildman–Crippen MR) is 63.7 cm³/mol. The molecule has 0 spiro atoms. The van der Waals surface area contributed by atoms with Crippen LogP contribution in [0.25, 0.3) is 0 Å². The first-order valence-electron chi connectivity index (χ1n) is 6.61. The highest BCUT2D eigenvalue weighted by molar-refractivity contribution is 4.89. The third-order valence-corrected chi connectivity index (χ3v) is 3.49. The highest BCUT2D eigenvalue weighted by Gasteiger charge is 2.45. The molecule has 0 saturated heterocycles. The molecule has 0 aromatic carbocycles. The van der Waals surface area contributed by atoms with Gasteiger partial charge in [0.1, 0.15) is 6.61 Å². The smallest absolute Gasteiger partial charge is 0.375 e. The summed E-state index contributed by atoms with van der Waals surface area (Å²) in [6, 6.07) is -0.576. The molecule has 114 valence electrons. The van der Waals surface area contributed by atoms with E-state index in [0.29, 0.717) is 24.6 Å². The molecule has 1 fully saturated rings. The maximum atomic E-state index is 12.9. The predicted octanol–water partition coefficient (Wildman–Crippen LogP) is 2.43. The van der Waals surface area contributed by atoms with Gasteiger partial charge in [-0.05, 0) is 12.8 Å². The Morgan fingerprint density at radius 2 is 2.10 bits per heavy atom. The number of hydrogen-bond donors (Lipinski definition) is 1. The zero-order chi connectivity index (χ0) is 14.6. The van der Waals surface area contributed by atoms with Crippen LogP contribution in [0.4, 0.5) is 13.2 Å². The summed E-state index contributed by atoms with van der Waals surface area (Å²) in [5.41, 5.74) is 0. The molecule has 0 bridgehead atoms. The quantitative estimate of drug-likeness (QED) is 0.903. The van der Waals surface area contributed by atoms with Crippen molar-refractivity contribution in [2.75, 3.05) is 7.11 Å². The molecule has 8 heteroatoms. The normalized spacial score (nSPS) is 24.0. The van der Waals surface area contributed by atoms with Crippen molar-refractivity contribution in [2.45, 2.75) is 51.1 Å². The lowest BCUT2D eigenvalue weighted by Gasteiger charge is -2.33. The first kappa shape index (κ1) is 15.2. The van der Waals surface area contributed by atoms with Crippen molar-refractivity contribution in [3.8, 4) is 0 Å². The van der Waals surface area contributed by atoms with Gasteiger partial charge in [-0.2, -0.15) is 18.2 Å². The summed E-state index contributed by atoms with van der Waals surface area (Å²) >= 11 is 0. The molecule has 0 radical (unpaired) electrons. The Balaban J connectivity index is 1.90. The molecule has 0 aliphatic heterocycles. The molecule has 1 aromatic rings. The summed E-state index contributed by atoms with van der Waals surface area (Å²) in [4.78, 5) is 4.03. The van der Waals surface area contributed by atoms with Crippen LogP contribution in [-0.4, -0.2) is 29.5 Å². The molecule has 2 rings (SSSR count). The van der Waals surface area contributed by atoms with Crippen LogP contribution < -0.4 is 5.32 Å². The first-order valence-corrected chi connectivity index (χ1v) is 6.61. The van der Waals surface area contributed by atoms with Crippen LogP contribution in [0, 0.1) is 5.92 Å². The Labute approximate surface area is 114 Å². The zero-order valence-corrected chi connectivity index (χ0v) is 11.2. The standard InChI is InChI=1S/C12H18F3N3O2/c1-19-7-11-17-10(18-20-11)6-16-9-5-3-2-4-8(9)12(13,14)15/h8-9,16H,2-7H2,1H3/t8-,9+/m1/s1. The molecule has 1 aliphatic rings. The summed E-state index contributed by atoms with van der Waals surface area (Å²) in [5, 5.41) is 6.60. The van der Waals surface area contributed by atoms with E-state index in [-0.39, 0.29) is 19.6 Å². The number of halogens is 3. The van der Waals surface area contributed by atoms with Gasteiger partial charge in [-0.1, -0.05) is 18.0 Å². The van der Waals surface area contributed by atoms with Gasteiger partial charge >= 0.3 is 6.18 Å². The minimum atomic E-state index is -4.16. The average Bonchev–Trinajstić information content (AvgIpc) is 2.84. The second kappa shape index (κ2) is 6.53. The Bertz CT molecular complexity index is 422. The molecule has 0 amide bonds. The second-order valence-electron chi connectivity index (χ2n) is 4.96. The van der Waals surface area contributed by atoms with Crippen molar-refractivity contribution >= 4 is 0 Å². The van der Waals surface area contributed by atoms with Crippen LogP contribution in [0.1, 0.15) is 37.4 Å². The lowest BCUT2D eigenvalue weighted by molar-refractivity contribution is -0.189. The molecule has 1 heterocycles. The monoisotopic (exact) mass is 293 g/mol. The van der Waals surface area contributed by atoms with Crippen molar-refractivity contribution < 1.29 is 22.4 Å². The second-order valence-corrected chi connectivity index (χ2v) is 4.96. The van der Waals surface area contributed by atoms with E-state index < -0.39 is 18.1 Å². The van der Waals surface area contributed by atoms with Gasteiger partial charge in [0.15, 0.2) is 5.82 Å². The Kier molecular flexibility index (Phi) is 4.98. The van der Waals surface area contributed by atoms with Gasteiger partial charge in [-0.25, -0.2) is 0 Å². The summed E-state index contributed by atoms with van der Waals surface area (Å²) in [7, 11) is 1.50. The average molecular weight is 293 g/mol. The highest BCUT2D eigenvalue weighted by atomic mass is 19.4. The minimum Gasteiger partial charge on any atom is -0.375 e. The van der Waals surface area contributed by atoms with Crippen molar-refractivity contribution in [3.05, 3.63) is 11.7 Å². The van der Waals surface area contributed by atoms with Gasteiger partial charge in [0, 0.05) is 13.2 Å². The van der Waals surface area contributed by atoms with Gasteiger partial charge < -0.3 is 14.6 Å². The summed E-state index contributed by atoms with van der Waals surface area (Å²) in [6.45, 7) is 0.367. The van der Waals surface area contributed by atoms with Crippen molar-refractivity contribution in [1.82, 2.24) is 15.5 Å². The van der Waals surface area contributed by atoms with Crippen LogP contribution in [0.15, 0.2) is 4.52 Å². The van der Waals surface area contributed by atoms with Crippen LogP contribution >= 0.6 is 0 Å². The van der Waals surface area contributed by atoms with Gasteiger partial charge in [-0.3, -0.25) is 0 Å².